The van der Waals surface area contributed by atoms with Gasteiger partial charge in [-0.3, -0.25) is 4.79 Å². The van der Waals surface area contributed by atoms with Crippen molar-refractivity contribution in [2.75, 3.05) is 0 Å². The van der Waals surface area contributed by atoms with Gasteiger partial charge in [0.2, 0.25) is 0 Å². The molecule has 1 N–H and O–H groups in total. The minimum absolute atomic E-state index is 0.0954. The second kappa shape index (κ2) is 3.98. The molecule has 1 fully saturated rings. The highest BCUT2D eigenvalue weighted by Crippen LogP contribution is 2.43. The number of aliphatic hydroxyl groups is 1. The molecular formula is C13H12Cl2O2. The van der Waals surface area contributed by atoms with Gasteiger partial charge in [-0.2, -0.15) is 0 Å². The Morgan fingerprint density at radius 2 is 1.88 bits per heavy atom. The molecule has 4 heteroatoms. The normalized spacial score (nSPS) is 31.2. The molecule has 2 aliphatic rings. The molecule has 2 aliphatic carbocycles. The lowest BCUT2D eigenvalue weighted by molar-refractivity contribution is -0.132. The number of fused-ring (bicyclic) bond motifs is 4. The average molecular weight is 271 g/mol. The van der Waals surface area contributed by atoms with Crippen LogP contribution in [0.25, 0.3) is 0 Å². The number of benzene rings is 1. The van der Waals surface area contributed by atoms with Crippen molar-refractivity contribution in [1.82, 2.24) is 0 Å². The summed E-state index contributed by atoms with van der Waals surface area (Å²) >= 11 is 12.0. The summed E-state index contributed by atoms with van der Waals surface area (Å²) < 4.78 is 0. The first kappa shape index (κ1) is 11.5. The standard InChI is InChI=1S/C13H12Cl2O2/c14-10-4-6-3-9-12(16)2-1-7(13(9)17)8(6)5-11(10)15/h4-5,7,9,12,16H,1-3H2/t7-,9-,12-/m1/s1. The van der Waals surface area contributed by atoms with Crippen molar-refractivity contribution in [3.05, 3.63) is 33.3 Å². The number of rotatable bonds is 0. The lowest BCUT2D eigenvalue weighted by Gasteiger charge is -2.38. The van der Waals surface area contributed by atoms with Crippen LogP contribution in [0.15, 0.2) is 12.1 Å². The quantitative estimate of drug-likeness (QED) is 0.787. The SMILES string of the molecule is O=C1[C@@H]2CC[C@@H](O)[C@H]1Cc1cc(Cl)c(Cl)cc12. The molecule has 0 aromatic heterocycles. The van der Waals surface area contributed by atoms with Crippen molar-refractivity contribution in [1.29, 1.82) is 0 Å². The van der Waals surface area contributed by atoms with Gasteiger partial charge in [0.15, 0.2) is 0 Å². The first-order valence-corrected chi connectivity index (χ1v) is 6.53. The fourth-order valence-electron chi connectivity index (χ4n) is 3.02. The van der Waals surface area contributed by atoms with Crippen molar-refractivity contribution >= 4 is 29.0 Å². The molecule has 17 heavy (non-hydrogen) atoms. The maximum absolute atomic E-state index is 12.1. The molecule has 1 saturated carbocycles. The van der Waals surface area contributed by atoms with Crippen LogP contribution in [-0.2, 0) is 11.2 Å². The molecule has 0 saturated heterocycles. The van der Waals surface area contributed by atoms with Crippen molar-refractivity contribution in [3.63, 3.8) is 0 Å². The fraction of sp³-hybridized carbons (Fsp3) is 0.462. The summed E-state index contributed by atoms with van der Waals surface area (Å²) in [5.74, 6) is -0.185. The third-order valence-electron chi connectivity index (χ3n) is 3.92. The number of carbonyl (C=O) groups excluding carboxylic acids is 1. The molecule has 1 aromatic carbocycles. The van der Waals surface area contributed by atoms with Crippen molar-refractivity contribution in [2.24, 2.45) is 5.92 Å². The summed E-state index contributed by atoms with van der Waals surface area (Å²) in [6.45, 7) is 0. The van der Waals surface area contributed by atoms with E-state index in [1.54, 1.807) is 0 Å². The van der Waals surface area contributed by atoms with Crippen molar-refractivity contribution in [3.8, 4) is 0 Å². The summed E-state index contributed by atoms with van der Waals surface area (Å²) in [4.78, 5) is 12.1. The van der Waals surface area contributed by atoms with E-state index in [0.29, 0.717) is 29.3 Å². The molecule has 0 heterocycles. The van der Waals surface area contributed by atoms with Gasteiger partial charge in [0.25, 0.3) is 0 Å². The molecule has 2 bridgehead atoms. The summed E-state index contributed by atoms with van der Waals surface area (Å²) in [5.41, 5.74) is 2.07. The van der Waals surface area contributed by atoms with E-state index in [9.17, 15) is 9.90 Å². The van der Waals surface area contributed by atoms with Crippen LogP contribution in [-0.4, -0.2) is 17.0 Å². The van der Waals surface area contributed by atoms with Crippen molar-refractivity contribution < 1.29 is 9.90 Å². The molecule has 0 amide bonds. The molecule has 90 valence electrons. The van der Waals surface area contributed by atoms with E-state index >= 15 is 0 Å². The van der Waals surface area contributed by atoms with Crippen LogP contribution in [0.4, 0.5) is 0 Å². The zero-order valence-corrected chi connectivity index (χ0v) is 10.6. The van der Waals surface area contributed by atoms with E-state index in [4.69, 9.17) is 23.2 Å². The van der Waals surface area contributed by atoms with Crippen LogP contribution in [0.5, 0.6) is 0 Å². The summed E-state index contributed by atoms with van der Waals surface area (Å²) in [7, 11) is 0. The summed E-state index contributed by atoms with van der Waals surface area (Å²) in [6, 6.07) is 3.65. The number of Topliss-reactive ketones (excluding diaryl/α,β-unsaturated/α-hetero) is 1. The Morgan fingerprint density at radius 3 is 2.65 bits per heavy atom. The minimum atomic E-state index is -0.499. The van der Waals surface area contributed by atoms with Gasteiger partial charge in [0.05, 0.1) is 16.1 Å². The Morgan fingerprint density at radius 1 is 1.18 bits per heavy atom. The number of halogens is 2. The Balaban J connectivity index is 2.13. The van der Waals surface area contributed by atoms with E-state index in [2.05, 4.69) is 0 Å². The Labute approximate surface area is 110 Å². The van der Waals surface area contributed by atoms with E-state index < -0.39 is 6.10 Å². The van der Waals surface area contributed by atoms with Gasteiger partial charge >= 0.3 is 0 Å². The topological polar surface area (TPSA) is 37.3 Å². The van der Waals surface area contributed by atoms with E-state index in [0.717, 1.165) is 11.1 Å². The predicted octanol–water partition coefficient (Wildman–Crippen LogP) is 2.97. The van der Waals surface area contributed by atoms with Crippen LogP contribution in [0.2, 0.25) is 10.0 Å². The predicted molar refractivity (Wildman–Crippen MR) is 66.6 cm³/mol. The van der Waals surface area contributed by atoms with Crippen LogP contribution in [0.3, 0.4) is 0 Å². The lowest BCUT2D eigenvalue weighted by atomic mass is 9.67. The highest BCUT2D eigenvalue weighted by atomic mass is 35.5. The van der Waals surface area contributed by atoms with E-state index in [1.165, 1.54) is 0 Å². The first-order valence-electron chi connectivity index (χ1n) is 5.77. The third-order valence-corrected chi connectivity index (χ3v) is 4.64. The maximum Gasteiger partial charge on any atom is 0.146 e. The van der Waals surface area contributed by atoms with E-state index in [-0.39, 0.29) is 17.6 Å². The largest absolute Gasteiger partial charge is 0.392 e. The lowest BCUT2D eigenvalue weighted by Crippen LogP contribution is -2.42. The molecule has 0 aliphatic heterocycles. The Hall–Kier alpha value is -0.570. The third kappa shape index (κ3) is 1.70. The first-order chi connectivity index (χ1) is 8.08. The van der Waals surface area contributed by atoms with Gasteiger partial charge in [-0.15, -0.1) is 0 Å². The van der Waals surface area contributed by atoms with Gasteiger partial charge in [-0.25, -0.2) is 0 Å². The molecular weight excluding hydrogens is 259 g/mol. The molecule has 2 nitrogen and oxygen atoms in total. The van der Waals surface area contributed by atoms with Gasteiger partial charge in [0.1, 0.15) is 5.78 Å². The number of hydrogen-bond donors (Lipinski definition) is 1. The molecule has 0 unspecified atom stereocenters. The zero-order chi connectivity index (χ0) is 12.2. The number of hydrogen-bond acceptors (Lipinski definition) is 2. The van der Waals surface area contributed by atoms with Gasteiger partial charge in [-0.1, -0.05) is 23.2 Å². The van der Waals surface area contributed by atoms with Crippen LogP contribution < -0.4 is 0 Å². The fourth-order valence-corrected chi connectivity index (χ4v) is 3.37. The van der Waals surface area contributed by atoms with E-state index in [1.807, 2.05) is 12.1 Å². The smallest absolute Gasteiger partial charge is 0.146 e. The second-order valence-electron chi connectivity index (χ2n) is 4.88. The Kier molecular flexibility index (Phi) is 2.69. The minimum Gasteiger partial charge on any atom is -0.392 e. The summed E-state index contributed by atoms with van der Waals surface area (Å²) in [6.07, 6.45) is 1.49. The molecule has 1 aromatic rings. The van der Waals surface area contributed by atoms with Gasteiger partial charge < -0.3 is 5.11 Å². The average Bonchev–Trinajstić information content (AvgIpc) is 2.27. The van der Waals surface area contributed by atoms with Crippen LogP contribution in [0.1, 0.15) is 29.9 Å². The van der Waals surface area contributed by atoms with Gasteiger partial charge in [-0.05, 0) is 42.5 Å². The van der Waals surface area contributed by atoms with Crippen molar-refractivity contribution in [2.45, 2.75) is 31.3 Å². The number of ketones is 1. The summed E-state index contributed by atoms with van der Waals surface area (Å²) in [5, 5.41) is 10.9. The second-order valence-corrected chi connectivity index (χ2v) is 5.69. The number of carbonyl (C=O) groups is 1. The van der Waals surface area contributed by atoms with Crippen LogP contribution in [0, 0.1) is 5.92 Å². The maximum atomic E-state index is 12.1. The molecule has 0 spiro atoms. The van der Waals surface area contributed by atoms with Crippen LogP contribution >= 0.6 is 23.2 Å². The molecule has 3 rings (SSSR count). The molecule has 0 radical (unpaired) electrons. The highest BCUT2D eigenvalue weighted by molar-refractivity contribution is 6.42. The number of aliphatic hydroxyl groups excluding tert-OH is 1. The highest BCUT2D eigenvalue weighted by Gasteiger charge is 2.42. The zero-order valence-electron chi connectivity index (χ0n) is 9.12. The Bertz CT molecular complexity index is 498. The molecule has 3 atom stereocenters. The van der Waals surface area contributed by atoms with Gasteiger partial charge in [0, 0.05) is 11.8 Å². The monoisotopic (exact) mass is 270 g/mol.